The van der Waals surface area contributed by atoms with Crippen molar-refractivity contribution in [2.45, 2.75) is 36.6 Å². The lowest BCUT2D eigenvalue weighted by molar-refractivity contribution is -0.138. The number of nitrogens with two attached hydrogens (primary N) is 1. The van der Waals surface area contributed by atoms with Crippen molar-refractivity contribution < 1.29 is 14.6 Å². The fraction of sp³-hybridized carbons (Fsp3) is 0.440. The van der Waals surface area contributed by atoms with E-state index in [4.69, 9.17) is 5.73 Å². The first kappa shape index (κ1) is 23.4. The predicted octanol–water partition coefficient (Wildman–Crippen LogP) is 3.30. The molecule has 1 amide bonds. The van der Waals surface area contributed by atoms with Gasteiger partial charge in [0.05, 0.1) is 22.7 Å². The molecule has 33 heavy (non-hydrogen) atoms. The first-order valence-corrected chi connectivity index (χ1v) is 13.0. The molecule has 2 saturated heterocycles. The maximum absolute atomic E-state index is 13.6. The van der Waals surface area contributed by atoms with Gasteiger partial charge in [0.1, 0.15) is 0 Å². The standard InChI is InChI=1S/C25H32N4O3S.H2/c1-27-24(26)20-14-16-28(17-15-20)25(30)21-12-13-23(19-8-4-2-5-9-19)29(18-21)33(31,32)22-10-6-3-7-11-22;/h2-11,20-21,23H,12-18H2,1H3,(H2,26,27);1H/t21-,23-;/m1./s1. The average molecular weight is 471 g/mol. The highest BCUT2D eigenvalue weighted by molar-refractivity contribution is 7.89. The molecule has 0 spiro atoms. The highest BCUT2D eigenvalue weighted by Crippen LogP contribution is 2.38. The second kappa shape index (κ2) is 10.1. The smallest absolute Gasteiger partial charge is 0.243 e. The number of aliphatic imine (C=N–C) groups is 1. The van der Waals surface area contributed by atoms with E-state index in [2.05, 4.69) is 4.99 Å². The molecule has 0 radical (unpaired) electrons. The van der Waals surface area contributed by atoms with Crippen LogP contribution in [0.5, 0.6) is 0 Å². The van der Waals surface area contributed by atoms with Crippen LogP contribution in [0.1, 0.15) is 38.7 Å². The van der Waals surface area contributed by atoms with Gasteiger partial charge in [0.2, 0.25) is 15.9 Å². The third-order valence-electron chi connectivity index (χ3n) is 6.90. The lowest BCUT2D eigenvalue weighted by Crippen LogP contribution is -2.50. The van der Waals surface area contributed by atoms with Crippen LogP contribution in [0.4, 0.5) is 0 Å². The number of rotatable bonds is 5. The van der Waals surface area contributed by atoms with E-state index >= 15 is 0 Å². The second-order valence-corrected chi connectivity index (χ2v) is 10.7. The van der Waals surface area contributed by atoms with Crippen LogP contribution >= 0.6 is 0 Å². The zero-order valence-electron chi connectivity index (χ0n) is 19.0. The van der Waals surface area contributed by atoms with E-state index in [0.717, 1.165) is 18.4 Å². The molecule has 0 bridgehead atoms. The molecular formula is C25H34N4O3S. The summed E-state index contributed by atoms with van der Waals surface area (Å²) in [6.45, 7) is 1.45. The molecule has 2 aliphatic rings. The number of hydrogen-bond acceptors (Lipinski definition) is 4. The number of nitrogens with zero attached hydrogens (tertiary/aromatic N) is 3. The van der Waals surface area contributed by atoms with Gasteiger partial charge in [-0.25, -0.2) is 8.42 Å². The Morgan fingerprint density at radius 3 is 2.15 bits per heavy atom. The van der Waals surface area contributed by atoms with E-state index in [1.165, 1.54) is 4.31 Å². The maximum atomic E-state index is 13.6. The highest BCUT2D eigenvalue weighted by Gasteiger charge is 2.41. The largest absolute Gasteiger partial charge is 0.387 e. The normalized spacial score (nSPS) is 23.4. The van der Waals surface area contributed by atoms with Gasteiger partial charge in [0, 0.05) is 34.0 Å². The van der Waals surface area contributed by atoms with E-state index < -0.39 is 10.0 Å². The average Bonchev–Trinajstić information content (AvgIpc) is 2.88. The van der Waals surface area contributed by atoms with Crippen molar-refractivity contribution in [1.82, 2.24) is 9.21 Å². The lowest BCUT2D eigenvalue weighted by Gasteiger charge is -2.41. The van der Waals surface area contributed by atoms with Gasteiger partial charge in [-0.15, -0.1) is 0 Å². The van der Waals surface area contributed by atoms with Gasteiger partial charge in [0.25, 0.3) is 0 Å². The summed E-state index contributed by atoms with van der Waals surface area (Å²) in [4.78, 5) is 19.6. The van der Waals surface area contributed by atoms with Gasteiger partial charge in [-0.3, -0.25) is 9.79 Å². The summed E-state index contributed by atoms with van der Waals surface area (Å²) in [6.07, 6.45) is 2.86. The van der Waals surface area contributed by atoms with Crippen molar-refractivity contribution in [2.75, 3.05) is 26.7 Å². The van der Waals surface area contributed by atoms with Crippen molar-refractivity contribution in [3.63, 3.8) is 0 Å². The van der Waals surface area contributed by atoms with Crippen LogP contribution in [0, 0.1) is 11.8 Å². The minimum absolute atomic E-state index is 0. The first-order valence-electron chi connectivity index (χ1n) is 11.5. The van der Waals surface area contributed by atoms with E-state index in [-0.39, 0.29) is 36.7 Å². The van der Waals surface area contributed by atoms with E-state index in [9.17, 15) is 13.2 Å². The molecule has 0 unspecified atom stereocenters. The Kier molecular flexibility index (Phi) is 7.14. The van der Waals surface area contributed by atoms with E-state index in [1.807, 2.05) is 35.2 Å². The number of sulfonamides is 1. The Morgan fingerprint density at radius 1 is 0.939 bits per heavy atom. The molecule has 2 fully saturated rings. The van der Waals surface area contributed by atoms with Crippen molar-refractivity contribution in [3.05, 3.63) is 66.2 Å². The van der Waals surface area contributed by atoms with Gasteiger partial charge in [-0.1, -0.05) is 48.5 Å². The number of amidine groups is 1. The monoisotopic (exact) mass is 470 g/mol. The molecule has 178 valence electrons. The van der Waals surface area contributed by atoms with E-state index in [0.29, 0.717) is 31.8 Å². The van der Waals surface area contributed by atoms with Crippen LogP contribution in [0.3, 0.4) is 0 Å². The Bertz CT molecular complexity index is 1090. The van der Waals surface area contributed by atoms with Crippen molar-refractivity contribution >= 4 is 21.8 Å². The zero-order chi connectivity index (χ0) is 23.4. The fourth-order valence-electron chi connectivity index (χ4n) is 4.98. The number of hydrogen-bond donors (Lipinski definition) is 1. The number of carbonyl (C=O) groups is 1. The summed E-state index contributed by atoms with van der Waals surface area (Å²) < 4.78 is 28.8. The molecule has 2 heterocycles. The second-order valence-electron chi connectivity index (χ2n) is 8.84. The zero-order valence-corrected chi connectivity index (χ0v) is 19.8. The minimum Gasteiger partial charge on any atom is -0.387 e. The Hall–Kier alpha value is -2.71. The van der Waals surface area contributed by atoms with Crippen LogP contribution in [-0.2, 0) is 14.8 Å². The number of likely N-dealkylation sites (tertiary alicyclic amines) is 1. The molecule has 2 N–H and O–H groups in total. The topological polar surface area (TPSA) is 96.1 Å². The molecule has 0 aliphatic carbocycles. The number of carbonyl (C=O) groups excluding carboxylic acids is 1. The van der Waals surface area contributed by atoms with Crippen molar-refractivity contribution in [2.24, 2.45) is 22.6 Å². The predicted molar refractivity (Wildman–Crippen MR) is 131 cm³/mol. The summed E-state index contributed by atoms with van der Waals surface area (Å²) in [7, 11) is -2.06. The van der Waals surface area contributed by atoms with Crippen molar-refractivity contribution in [1.29, 1.82) is 0 Å². The number of benzene rings is 2. The third-order valence-corrected chi connectivity index (χ3v) is 8.79. The first-order chi connectivity index (χ1) is 15.9. The molecule has 2 aromatic rings. The van der Waals surface area contributed by atoms with Gasteiger partial charge >= 0.3 is 0 Å². The summed E-state index contributed by atoms with van der Waals surface area (Å²) in [6, 6.07) is 17.9. The van der Waals surface area contributed by atoms with Crippen LogP contribution < -0.4 is 5.73 Å². The third kappa shape index (κ3) is 4.96. The van der Waals surface area contributed by atoms with Gasteiger partial charge in [-0.05, 0) is 43.4 Å². The summed E-state index contributed by atoms with van der Waals surface area (Å²) in [5.74, 6) is 0.547. The molecule has 7 nitrogen and oxygen atoms in total. The van der Waals surface area contributed by atoms with E-state index in [1.54, 1.807) is 37.4 Å². The highest BCUT2D eigenvalue weighted by atomic mass is 32.2. The number of amides is 1. The van der Waals surface area contributed by atoms with Crippen LogP contribution in [-0.4, -0.2) is 56.0 Å². The Labute approximate surface area is 197 Å². The number of piperidine rings is 2. The van der Waals surface area contributed by atoms with Crippen LogP contribution in [0.2, 0.25) is 0 Å². The molecular weight excluding hydrogens is 436 g/mol. The molecule has 0 aromatic heterocycles. The minimum atomic E-state index is -3.75. The molecule has 0 saturated carbocycles. The SMILES string of the molecule is CN=C(N)C1CCN(C(=O)[C@@H]2CC[C@H](c3ccccc3)N(S(=O)(=O)c3ccccc3)C2)CC1.[HH]. The van der Waals surface area contributed by atoms with Gasteiger partial charge in [-0.2, -0.15) is 4.31 Å². The molecule has 2 atom stereocenters. The van der Waals surface area contributed by atoms with Crippen molar-refractivity contribution in [3.8, 4) is 0 Å². The summed E-state index contributed by atoms with van der Waals surface area (Å²) in [5.41, 5.74) is 6.93. The quantitative estimate of drug-likeness (QED) is 0.536. The van der Waals surface area contributed by atoms with Gasteiger partial charge < -0.3 is 10.6 Å². The fourth-order valence-corrected chi connectivity index (χ4v) is 6.69. The Balaban J connectivity index is 0.00000324. The van der Waals surface area contributed by atoms with Crippen LogP contribution in [0.25, 0.3) is 0 Å². The molecule has 4 rings (SSSR count). The molecule has 2 aliphatic heterocycles. The molecule has 2 aromatic carbocycles. The summed E-state index contributed by atoms with van der Waals surface area (Å²) in [5, 5.41) is 0. The Morgan fingerprint density at radius 2 is 1.55 bits per heavy atom. The maximum Gasteiger partial charge on any atom is 0.243 e. The summed E-state index contributed by atoms with van der Waals surface area (Å²) >= 11 is 0. The van der Waals surface area contributed by atoms with Gasteiger partial charge in [0.15, 0.2) is 0 Å². The van der Waals surface area contributed by atoms with Crippen LogP contribution in [0.15, 0.2) is 70.6 Å². The molecule has 8 heteroatoms. The lowest BCUT2D eigenvalue weighted by atomic mass is 9.89.